The molecule has 3 heterocycles. The fourth-order valence-corrected chi connectivity index (χ4v) is 3.47. The molecule has 4 rings (SSSR count). The lowest BCUT2D eigenvalue weighted by Gasteiger charge is -2.34. The second kappa shape index (κ2) is 9.35. The van der Waals surface area contributed by atoms with Crippen LogP contribution >= 0.6 is 24.8 Å². The normalized spacial score (nSPS) is 22.6. The summed E-state index contributed by atoms with van der Waals surface area (Å²) in [4.78, 5) is 15.3. The molecule has 0 amide bonds. The first-order valence-corrected chi connectivity index (χ1v) is 8.67. The fraction of sp³-hybridized carbons (Fsp3) is 0.500. The van der Waals surface area contributed by atoms with Crippen molar-refractivity contribution in [1.82, 2.24) is 15.0 Å². The molecule has 142 valence electrons. The molecule has 1 aliphatic carbocycles. The minimum Gasteiger partial charge on any atom is -0.489 e. The van der Waals surface area contributed by atoms with Crippen molar-refractivity contribution in [1.29, 1.82) is 0 Å². The van der Waals surface area contributed by atoms with Gasteiger partial charge in [-0.2, -0.15) is 0 Å². The molecule has 0 atom stereocenters. The molecule has 0 bridgehead atoms. The average molecular weight is 398 g/mol. The van der Waals surface area contributed by atoms with Gasteiger partial charge in [0, 0.05) is 55.8 Å². The maximum Gasteiger partial charge on any atom is 0.137 e. The molecular weight excluding hydrogens is 373 g/mol. The predicted molar refractivity (Wildman–Crippen MR) is 107 cm³/mol. The highest BCUT2D eigenvalue weighted by Gasteiger charge is 2.29. The van der Waals surface area contributed by atoms with Crippen molar-refractivity contribution < 1.29 is 4.74 Å². The Bertz CT molecular complexity index is 676. The van der Waals surface area contributed by atoms with Gasteiger partial charge in [0.2, 0.25) is 0 Å². The van der Waals surface area contributed by atoms with Crippen molar-refractivity contribution in [3.63, 3.8) is 0 Å². The molecule has 0 spiro atoms. The number of aromatic nitrogens is 3. The van der Waals surface area contributed by atoms with E-state index in [0.717, 1.165) is 56.0 Å². The molecule has 1 saturated heterocycles. The van der Waals surface area contributed by atoms with Gasteiger partial charge in [0.1, 0.15) is 24.0 Å². The topological polar surface area (TPSA) is 77.2 Å². The van der Waals surface area contributed by atoms with Crippen LogP contribution in [0.1, 0.15) is 37.3 Å². The van der Waals surface area contributed by atoms with E-state index in [0.29, 0.717) is 12.0 Å². The van der Waals surface area contributed by atoms with Crippen LogP contribution in [0.25, 0.3) is 0 Å². The average Bonchev–Trinajstić information content (AvgIpc) is 2.61. The Morgan fingerprint density at radius 3 is 2.54 bits per heavy atom. The number of hydrogen-bond donors (Lipinski definition) is 1. The zero-order chi connectivity index (χ0) is 16.4. The maximum absolute atomic E-state index is 6.00. The number of anilines is 1. The molecule has 1 saturated carbocycles. The standard InChI is InChI=1S/C18H23N5O.2ClH/c19-14-8-13(9-14)17-10-18(22-12-21-17)23-6-3-15(4-7-23)24-16-2-1-5-20-11-16;;/h1-2,5,10-15H,3-4,6-9,19H2;2*1H. The van der Waals surface area contributed by atoms with E-state index in [-0.39, 0.29) is 30.9 Å². The molecule has 2 aromatic heterocycles. The first-order valence-electron chi connectivity index (χ1n) is 8.67. The highest BCUT2D eigenvalue weighted by molar-refractivity contribution is 5.85. The summed E-state index contributed by atoms with van der Waals surface area (Å²) in [6.45, 7) is 1.90. The Balaban J connectivity index is 0.00000121. The summed E-state index contributed by atoms with van der Waals surface area (Å²) in [6.07, 6.45) is 9.52. The van der Waals surface area contributed by atoms with Crippen molar-refractivity contribution in [3.05, 3.63) is 42.6 Å². The van der Waals surface area contributed by atoms with Crippen LogP contribution in [0.3, 0.4) is 0 Å². The van der Waals surface area contributed by atoms with Gasteiger partial charge in [-0.25, -0.2) is 9.97 Å². The molecular formula is C18H25Cl2N5O. The first kappa shape index (κ1) is 20.7. The molecule has 2 fully saturated rings. The number of hydrogen-bond acceptors (Lipinski definition) is 6. The lowest BCUT2D eigenvalue weighted by atomic mass is 9.78. The minimum atomic E-state index is 0. The summed E-state index contributed by atoms with van der Waals surface area (Å²) in [5.41, 5.74) is 7.03. The zero-order valence-electron chi connectivity index (χ0n) is 14.5. The van der Waals surface area contributed by atoms with Gasteiger partial charge >= 0.3 is 0 Å². The molecule has 1 aliphatic heterocycles. The Hall–Kier alpha value is -1.63. The lowest BCUT2D eigenvalue weighted by molar-refractivity contribution is 0.170. The van der Waals surface area contributed by atoms with E-state index in [1.54, 1.807) is 18.7 Å². The largest absolute Gasteiger partial charge is 0.489 e. The van der Waals surface area contributed by atoms with E-state index in [1.165, 1.54) is 0 Å². The smallest absolute Gasteiger partial charge is 0.137 e. The number of halogens is 2. The van der Waals surface area contributed by atoms with E-state index < -0.39 is 0 Å². The lowest BCUT2D eigenvalue weighted by Crippen LogP contribution is -2.39. The van der Waals surface area contributed by atoms with E-state index in [9.17, 15) is 0 Å². The van der Waals surface area contributed by atoms with Crippen LogP contribution in [0.5, 0.6) is 5.75 Å². The summed E-state index contributed by atoms with van der Waals surface area (Å²) in [6, 6.07) is 6.34. The number of piperidine rings is 1. The maximum atomic E-state index is 6.00. The SMILES string of the molecule is Cl.Cl.NC1CC(c2cc(N3CCC(Oc4cccnc4)CC3)ncn2)C1. The number of rotatable bonds is 4. The van der Waals surface area contributed by atoms with Crippen LogP contribution in [0, 0.1) is 0 Å². The zero-order valence-corrected chi connectivity index (χ0v) is 16.2. The van der Waals surface area contributed by atoms with Crippen molar-refractivity contribution in [2.45, 2.75) is 43.7 Å². The highest BCUT2D eigenvalue weighted by atomic mass is 35.5. The van der Waals surface area contributed by atoms with E-state index in [4.69, 9.17) is 10.5 Å². The Morgan fingerprint density at radius 2 is 1.88 bits per heavy atom. The third-order valence-electron chi connectivity index (χ3n) is 4.97. The van der Waals surface area contributed by atoms with Crippen LogP contribution in [0.2, 0.25) is 0 Å². The summed E-state index contributed by atoms with van der Waals surface area (Å²) in [5, 5.41) is 0. The predicted octanol–water partition coefficient (Wildman–Crippen LogP) is 2.97. The Labute approximate surface area is 166 Å². The fourth-order valence-electron chi connectivity index (χ4n) is 3.47. The summed E-state index contributed by atoms with van der Waals surface area (Å²) in [5.74, 6) is 2.38. The second-order valence-electron chi connectivity index (χ2n) is 6.72. The van der Waals surface area contributed by atoms with Gasteiger partial charge in [0.25, 0.3) is 0 Å². The molecule has 2 N–H and O–H groups in total. The van der Waals surface area contributed by atoms with Gasteiger partial charge < -0.3 is 15.4 Å². The van der Waals surface area contributed by atoms with E-state index >= 15 is 0 Å². The molecule has 8 heteroatoms. The molecule has 6 nitrogen and oxygen atoms in total. The Kier molecular flexibility index (Phi) is 7.43. The summed E-state index contributed by atoms with van der Waals surface area (Å²) >= 11 is 0. The van der Waals surface area contributed by atoms with Crippen molar-refractivity contribution in [2.75, 3.05) is 18.0 Å². The van der Waals surface area contributed by atoms with Crippen LogP contribution < -0.4 is 15.4 Å². The van der Waals surface area contributed by atoms with Crippen LogP contribution in [0.15, 0.2) is 36.9 Å². The molecule has 0 aromatic carbocycles. The third-order valence-corrected chi connectivity index (χ3v) is 4.97. The second-order valence-corrected chi connectivity index (χ2v) is 6.72. The van der Waals surface area contributed by atoms with Crippen LogP contribution in [-0.4, -0.2) is 40.2 Å². The summed E-state index contributed by atoms with van der Waals surface area (Å²) in [7, 11) is 0. The highest BCUT2D eigenvalue weighted by Crippen LogP contribution is 2.35. The first-order chi connectivity index (χ1) is 11.8. The molecule has 2 aromatic rings. The van der Waals surface area contributed by atoms with E-state index in [1.807, 2.05) is 12.1 Å². The van der Waals surface area contributed by atoms with Crippen molar-refractivity contribution >= 4 is 30.6 Å². The molecule has 26 heavy (non-hydrogen) atoms. The number of nitrogens with two attached hydrogens (primary N) is 1. The van der Waals surface area contributed by atoms with Gasteiger partial charge in [0.05, 0.1) is 6.20 Å². The number of pyridine rings is 1. The van der Waals surface area contributed by atoms with Crippen molar-refractivity contribution in [2.24, 2.45) is 5.73 Å². The molecule has 0 unspecified atom stereocenters. The van der Waals surface area contributed by atoms with Crippen LogP contribution in [0.4, 0.5) is 5.82 Å². The Morgan fingerprint density at radius 1 is 1.12 bits per heavy atom. The molecule has 0 radical (unpaired) electrons. The summed E-state index contributed by atoms with van der Waals surface area (Å²) < 4.78 is 6.00. The quantitative estimate of drug-likeness (QED) is 0.854. The van der Waals surface area contributed by atoms with Crippen molar-refractivity contribution in [3.8, 4) is 5.75 Å². The number of nitrogens with zero attached hydrogens (tertiary/aromatic N) is 4. The number of ether oxygens (including phenoxy) is 1. The van der Waals surface area contributed by atoms with E-state index in [2.05, 4.69) is 25.9 Å². The van der Waals surface area contributed by atoms with Crippen LogP contribution in [-0.2, 0) is 0 Å². The minimum absolute atomic E-state index is 0. The van der Waals surface area contributed by atoms with Gasteiger partial charge in [-0.1, -0.05) is 0 Å². The van der Waals surface area contributed by atoms with Gasteiger partial charge in [0.15, 0.2) is 0 Å². The molecule has 2 aliphatic rings. The monoisotopic (exact) mass is 397 g/mol. The third kappa shape index (κ3) is 4.75. The van der Waals surface area contributed by atoms with Gasteiger partial charge in [-0.05, 0) is 25.0 Å². The van der Waals surface area contributed by atoms with Gasteiger partial charge in [-0.15, -0.1) is 24.8 Å². The van der Waals surface area contributed by atoms with Gasteiger partial charge in [-0.3, -0.25) is 4.98 Å².